The number of hydrogen-bond acceptors (Lipinski definition) is 2. The summed E-state index contributed by atoms with van der Waals surface area (Å²) in [4.78, 5) is 5.98. The molecule has 0 spiro atoms. The third-order valence-electron chi connectivity index (χ3n) is 5.10. The molecule has 1 aliphatic rings. The van der Waals surface area contributed by atoms with Crippen LogP contribution in [0.15, 0.2) is 60.8 Å². The summed E-state index contributed by atoms with van der Waals surface area (Å²) in [5.74, 6) is 0. The Hall–Kier alpha value is -2.26. The summed E-state index contributed by atoms with van der Waals surface area (Å²) in [7, 11) is 0. The monoisotopic (exact) mass is 319 g/mol. The van der Waals surface area contributed by atoms with Gasteiger partial charge in [0.2, 0.25) is 0 Å². The van der Waals surface area contributed by atoms with Crippen LogP contribution >= 0.6 is 0 Å². The fourth-order valence-corrected chi connectivity index (χ4v) is 3.69. The normalized spacial score (nSPS) is 16.5. The molecule has 24 heavy (non-hydrogen) atoms. The van der Waals surface area contributed by atoms with E-state index in [-0.39, 0.29) is 0 Å². The van der Waals surface area contributed by atoms with Crippen LogP contribution in [0.4, 0.5) is 5.69 Å². The summed E-state index contributed by atoms with van der Waals surface area (Å²) in [6.45, 7) is 3.53. The van der Waals surface area contributed by atoms with E-state index in [0.717, 1.165) is 13.0 Å². The minimum atomic E-state index is 0.608. The van der Waals surface area contributed by atoms with E-state index >= 15 is 0 Å². The molecule has 0 amide bonds. The Kier molecular flexibility index (Phi) is 4.52. The molecule has 3 aromatic rings. The van der Waals surface area contributed by atoms with Crippen molar-refractivity contribution in [3.63, 3.8) is 0 Å². The minimum Gasteiger partial charge on any atom is -0.382 e. The van der Waals surface area contributed by atoms with E-state index < -0.39 is 0 Å². The fourth-order valence-electron chi connectivity index (χ4n) is 3.69. The first-order valence-corrected chi connectivity index (χ1v) is 8.97. The maximum atomic E-state index is 3.66. The van der Waals surface area contributed by atoms with Gasteiger partial charge in [-0.25, -0.2) is 0 Å². The van der Waals surface area contributed by atoms with Gasteiger partial charge in [-0.2, -0.15) is 0 Å². The smallest absolute Gasteiger partial charge is 0.0456 e. The van der Waals surface area contributed by atoms with Crippen molar-refractivity contribution in [3.8, 4) is 0 Å². The molecular weight excluding hydrogens is 294 g/mol. The molecule has 0 atom stereocenters. The van der Waals surface area contributed by atoms with Gasteiger partial charge in [0.05, 0.1) is 0 Å². The lowest BCUT2D eigenvalue weighted by Gasteiger charge is -2.32. The number of aromatic amines is 1. The number of para-hydroxylation sites is 2. The average Bonchev–Trinajstić information content (AvgIpc) is 3.05. The molecule has 0 aliphatic carbocycles. The van der Waals surface area contributed by atoms with Crippen LogP contribution in [0.1, 0.15) is 18.4 Å². The van der Waals surface area contributed by atoms with Gasteiger partial charge in [-0.3, -0.25) is 0 Å². The van der Waals surface area contributed by atoms with Gasteiger partial charge >= 0.3 is 0 Å². The number of H-pyrrole nitrogens is 1. The maximum Gasteiger partial charge on any atom is 0.0456 e. The number of nitrogens with one attached hydrogen (secondary N) is 2. The van der Waals surface area contributed by atoms with Crippen LogP contribution in [-0.2, 0) is 6.42 Å². The van der Waals surface area contributed by atoms with Crippen molar-refractivity contribution in [2.24, 2.45) is 0 Å². The lowest BCUT2D eigenvalue weighted by atomic mass is 10.0. The molecule has 2 heterocycles. The highest BCUT2D eigenvalue weighted by molar-refractivity contribution is 5.83. The molecule has 124 valence electrons. The minimum absolute atomic E-state index is 0.608. The van der Waals surface area contributed by atoms with Crippen LogP contribution in [0, 0.1) is 0 Å². The van der Waals surface area contributed by atoms with E-state index in [9.17, 15) is 0 Å². The summed E-state index contributed by atoms with van der Waals surface area (Å²) >= 11 is 0. The van der Waals surface area contributed by atoms with E-state index in [1.165, 1.54) is 48.1 Å². The van der Waals surface area contributed by atoms with Crippen LogP contribution in [-0.4, -0.2) is 35.6 Å². The zero-order chi connectivity index (χ0) is 16.2. The number of anilines is 1. The molecular formula is C21H25N3. The maximum absolute atomic E-state index is 3.66. The van der Waals surface area contributed by atoms with E-state index in [1.54, 1.807) is 0 Å². The van der Waals surface area contributed by atoms with Gasteiger partial charge in [-0.15, -0.1) is 0 Å². The van der Waals surface area contributed by atoms with Crippen molar-refractivity contribution >= 4 is 16.6 Å². The lowest BCUT2D eigenvalue weighted by molar-refractivity contribution is 0.221. The molecule has 0 bridgehead atoms. The van der Waals surface area contributed by atoms with Crippen molar-refractivity contribution in [1.29, 1.82) is 0 Å². The predicted octanol–water partition coefficient (Wildman–Crippen LogP) is 4.29. The van der Waals surface area contributed by atoms with Crippen LogP contribution in [0.2, 0.25) is 0 Å². The van der Waals surface area contributed by atoms with Crippen LogP contribution in [0.3, 0.4) is 0 Å². The van der Waals surface area contributed by atoms with Crippen molar-refractivity contribution < 1.29 is 0 Å². The zero-order valence-electron chi connectivity index (χ0n) is 14.0. The Bertz CT molecular complexity index is 770. The second-order valence-corrected chi connectivity index (χ2v) is 6.74. The van der Waals surface area contributed by atoms with Crippen molar-refractivity contribution in [2.45, 2.75) is 25.3 Å². The number of hydrogen-bond donors (Lipinski definition) is 2. The molecule has 0 unspecified atom stereocenters. The third-order valence-corrected chi connectivity index (χ3v) is 5.10. The van der Waals surface area contributed by atoms with Crippen LogP contribution < -0.4 is 5.32 Å². The lowest BCUT2D eigenvalue weighted by Crippen LogP contribution is -2.39. The summed E-state index contributed by atoms with van der Waals surface area (Å²) in [6, 6.07) is 19.8. The van der Waals surface area contributed by atoms with E-state index in [4.69, 9.17) is 0 Å². The molecule has 1 aliphatic heterocycles. The molecule has 1 fully saturated rings. The average molecular weight is 319 g/mol. The highest BCUT2D eigenvalue weighted by atomic mass is 15.1. The van der Waals surface area contributed by atoms with Gasteiger partial charge < -0.3 is 15.2 Å². The highest BCUT2D eigenvalue weighted by Crippen LogP contribution is 2.20. The van der Waals surface area contributed by atoms with Gasteiger partial charge in [-0.05, 0) is 43.0 Å². The second kappa shape index (κ2) is 7.10. The largest absolute Gasteiger partial charge is 0.382 e. The number of nitrogens with zero attached hydrogens (tertiary/aromatic N) is 1. The number of fused-ring (bicyclic) bond motifs is 1. The van der Waals surface area contributed by atoms with Crippen molar-refractivity contribution in [1.82, 2.24) is 9.88 Å². The van der Waals surface area contributed by atoms with Crippen molar-refractivity contribution in [2.75, 3.05) is 25.0 Å². The Morgan fingerprint density at radius 2 is 1.71 bits per heavy atom. The molecule has 1 saturated heterocycles. The third kappa shape index (κ3) is 3.46. The molecule has 3 heteroatoms. The summed E-state index contributed by atoms with van der Waals surface area (Å²) < 4.78 is 0. The molecule has 2 N–H and O–H groups in total. The quantitative estimate of drug-likeness (QED) is 0.735. The first-order valence-electron chi connectivity index (χ1n) is 8.97. The SMILES string of the molecule is c1ccc(NC2CCN(CCc3c[nH]c4ccccc34)CC2)cc1. The molecule has 2 aromatic carbocycles. The molecule has 0 saturated carbocycles. The van der Waals surface area contributed by atoms with E-state index in [1.807, 2.05) is 0 Å². The highest BCUT2D eigenvalue weighted by Gasteiger charge is 2.19. The Morgan fingerprint density at radius 1 is 0.958 bits per heavy atom. The Balaban J connectivity index is 1.27. The predicted molar refractivity (Wildman–Crippen MR) is 102 cm³/mol. The van der Waals surface area contributed by atoms with Gasteiger partial charge in [0.15, 0.2) is 0 Å². The topological polar surface area (TPSA) is 31.1 Å². The molecule has 3 nitrogen and oxygen atoms in total. The first-order chi connectivity index (χ1) is 11.9. The van der Waals surface area contributed by atoms with Gasteiger partial charge in [-0.1, -0.05) is 36.4 Å². The number of rotatable bonds is 5. The second-order valence-electron chi connectivity index (χ2n) is 6.74. The first kappa shape index (κ1) is 15.3. The summed E-state index contributed by atoms with van der Waals surface area (Å²) in [5.41, 5.74) is 3.93. The van der Waals surface area contributed by atoms with Crippen LogP contribution in [0.5, 0.6) is 0 Å². The number of piperidine rings is 1. The number of benzene rings is 2. The van der Waals surface area contributed by atoms with Gasteiger partial charge in [0, 0.05) is 48.5 Å². The summed E-state index contributed by atoms with van der Waals surface area (Å²) in [5, 5.41) is 5.04. The molecule has 4 rings (SSSR count). The molecule has 1 aromatic heterocycles. The fraction of sp³-hybridized carbons (Fsp3) is 0.333. The standard InChI is InChI=1S/C21H25N3/c1-2-6-18(7-3-1)23-19-11-14-24(15-12-19)13-10-17-16-22-21-9-5-4-8-20(17)21/h1-9,16,19,22-23H,10-15H2. The zero-order valence-corrected chi connectivity index (χ0v) is 14.0. The van der Waals surface area contributed by atoms with Gasteiger partial charge in [0.25, 0.3) is 0 Å². The summed E-state index contributed by atoms with van der Waals surface area (Å²) in [6.07, 6.45) is 5.75. The van der Waals surface area contributed by atoms with E-state index in [0.29, 0.717) is 6.04 Å². The number of aromatic nitrogens is 1. The Labute approximate surface area is 143 Å². The van der Waals surface area contributed by atoms with Crippen molar-refractivity contribution in [3.05, 3.63) is 66.4 Å². The van der Waals surface area contributed by atoms with E-state index in [2.05, 4.69) is 76.0 Å². The van der Waals surface area contributed by atoms with Gasteiger partial charge in [0.1, 0.15) is 0 Å². The van der Waals surface area contributed by atoms with Crippen LogP contribution in [0.25, 0.3) is 10.9 Å². The molecule has 0 radical (unpaired) electrons. The Morgan fingerprint density at radius 3 is 2.54 bits per heavy atom. The number of likely N-dealkylation sites (tertiary alicyclic amines) is 1.